The normalized spacial score (nSPS) is 13.0. The van der Waals surface area contributed by atoms with E-state index in [2.05, 4.69) is 9.97 Å². The molecule has 186 valence electrons. The molecule has 1 aliphatic rings. The van der Waals surface area contributed by atoms with Gasteiger partial charge in [-0.1, -0.05) is 11.6 Å². The molecule has 0 radical (unpaired) electrons. The van der Waals surface area contributed by atoms with Gasteiger partial charge in [0.15, 0.2) is 21.5 Å². The highest BCUT2D eigenvalue weighted by molar-refractivity contribution is 7.89. The van der Waals surface area contributed by atoms with Crippen LogP contribution in [0.2, 0.25) is 5.02 Å². The summed E-state index contributed by atoms with van der Waals surface area (Å²) in [7, 11) is -0.748. The van der Waals surface area contributed by atoms with E-state index >= 15 is 4.39 Å². The number of carbonyl (C=O) groups is 1. The van der Waals surface area contributed by atoms with Crippen molar-refractivity contribution in [2.75, 3.05) is 18.3 Å². The van der Waals surface area contributed by atoms with Gasteiger partial charge in [0.1, 0.15) is 5.52 Å². The van der Waals surface area contributed by atoms with Crippen molar-refractivity contribution >= 4 is 49.8 Å². The number of rotatable bonds is 4. The highest BCUT2D eigenvalue weighted by atomic mass is 35.5. The number of benzene rings is 1. The van der Waals surface area contributed by atoms with Gasteiger partial charge in [-0.05, 0) is 29.3 Å². The standard InChI is InChI=1S/C24H20ClFN4O5S/c1-29-10-17-16-4-12(11-36(3,33)34)15(24(32)35-2)6-19(16)30(22-18(26)5-14(25)8-28-22)9-13-7-27-21(20(13)17)23(29)31/h4-8,10,27H,9,11H2,1-3H3. The quantitative estimate of drug-likeness (QED) is 0.400. The fourth-order valence-corrected chi connectivity index (χ4v) is 5.54. The van der Waals surface area contributed by atoms with Crippen LogP contribution in [0.3, 0.4) is 0 Å². The first-order valence-corrected chi connectivity index (χ1v) is 13.1. The molecule has 1 aromatic carbocycles. The number of aromatic amines is 1. The van der Waals surface area contributed by atoms with Crippen LogP contribution in [0.1, 0.15) is 21.5 Å². The van der Waals surface area contributed by atoms with Gasteiger partial charge in [-0.3, -0.25) is 4.79 Å². The number of nitrogens with zero attached hydrogens (tertiary/aromatic N) is 3. The van der Waals surface area contributed by atoms with Gasteiger partial charge in [-0.2, -0.15) is 0 Å². The summed E-state index contributed by atoms with van der Waals surface area (Å²) in [4.78, 5) is 34.3. The number of ether oxygens (including phenoxy) is 1. The van der Waals surface area contributed by atoms with Crippen molar-refractivity contribution in [3.8, 4) is 11.1 Å². The lowest BCUT2D eigenvalue weighted by molar-refractivity contribution is 0.0600. The summed E-state index contributed by atoms with van der Waals surface area (Å²) in [5.74, 6) is -1.91. The average molecular weight is 531 g/mol. The maximum atomic E-state index is 15.1. The molecule has 1 N–H and O–H groups in total. The molecule has 1 aliphatic heterocycles. The predicted molar refractivity (Wildman–Crippen MR) is 134 cm³/mol. The molecular weight excluding hydrogens is 511 g/mol. The molecular formula is C24H20ClFN4O5S. The smallest absolute Gasteiger partial charge is 0.338 e. The number of carbonyl (C=O) groups excluding carboxylic acids is 1. The van der Waals surface area contributed by atoms with Crippen molar-refractivity contribution in [3.63, 3.8) is 0 Å². The van der Waals surface area contributed by atoms with E-state index in [0.29, 0.717) is 33.3 Å². The Bertz CT molecular complexity index is 1750. The third kappa shape index (κ3) is 3.94. The monoisotopic (exact) mass is 530 g/mol. The van der Waals surface area contributed by atoms with Crippen LogP contribution >= 0.6 is 11.6 Å². The second-order valence-corrected chi connectivity index (χ2v) is 11.2. The van der Waals surface area contributed by atoms with Crippen molar-refractivity contribution in [2.45, 2.75) is 12.3 Å². The Morgan fingerprint density at radius 1 is 1.28 bits per heavy atom. The van der Waals surface area contributed by atoms with Gasteiger partial charge in [-0.25, -0.2) is 22.6 Å². The van der Waals surface area contributed by atoms with E-state index in [9.17, 15) is 18.0 Å². The second kappa shape index (κ2) is 8.45. The highest BCUT2D eigenvalue weighted by Gasteiger charge is 2.30. The second-order valence-electron chi connectivity index (χ2n) is 8.66. The molecule has 4 heterocycles. The number of halogens is 2. The summed E-state index contributed by atoms with van der Waals surface area (Å²) in [5.41, 5.74) is 2.52. The van der Waals surface area contributed by atoms with Crippen molar-refractivity contribution in [2.24, 2.45) is 7.05 Å². The molecule has 3 aromatic heterocycles. The number of methoxy groups -OCH3 is 1. The number of sulfone groups is 1. The number of nitrogens with one attached hydrogen (secondary N) is 1. The summed E-state index contributed by atoms with van der Waals surface area (Å²) in [5, 5.41) is 0.729. The first kappa shape index (κ1) is 24.0. The lowest BCUT2D eigenvalue weighted by Gasteiger charge is -2.26. The maximum Gasteiger partial charge on any atom is 0.338 e. The van der Waals surface area contributed by atoms with Crippen LogP contribution in [-0.4, -0.2) is 42.3 Å². The first-order valence-electron chi connectivity index (χ1n) is 10.7. The Hall–Kier alpha value is -3.70. The minimum atomic E-state index is -3.54. The van der Waals surface area contributed by atoms with Crippen LogP contribution in [0.5, 0.6) is 0 Å². The summed E-state index contributed by atoms with van der Waals surface area (Å²) < 4.78 is 45.9. The van der Waals surface area contributed by atoms with Crippen LogP contribution in [0.25, 0.3) is 22.0 Å². The van der Waals surface area contributed by atoms with Crippen LogP contribution in [-0.2, 0) is 33.9 Å². The minimum absolute atomic E-state index is 0.0234. The molecule has 0 spiro atoms. The molecule has 4 aromatic rings. The van der Waals surface area contributed by atoms with Crippen LogP contribution < -0.4 is 10.5 Å². The molecule has 9 nitrogen and oxygen atoms in total. The number of fused-ring (bicyclic) bond motifs is 2. The molecule has 36 heavy (non-hydrogen) atoms. The third-order valence-electron chi connectivity index (χ3n) is 6.09. The molecule has 12 heteroatoms. The number of pyridine rings is 2. The predicted octanol–water partition coefficient (Wildman–Crippen LogP) is 3.70. The molecule has 0 fully saturated rings. The van der Waals surface area contributed by atoms with Crippen molar-refractivity contribution in [1.29, 1.82) is 0 Å². The number of H-pyrrole nitrogens is 1. The van der Waals surface area contributed by atoms with Gasteiger partial charge in [0.2, 0.25) is 0 Å². The number of aryl methyl sites for hydroxylation is 1. The zero-order valence-electron chi connectivity index (χ0n) is 19.4. The SMILES string of the molecule is COC(=O)c1cc2c(cc1CS(C)(=O)=O)-c1cn(C)c(=O)c3[nH]cc(c13)CN2c1ncc(Cl)cc1F. The molecule has 5 rings (SSSR count). The number of hydrogen-bond donors (Lipinski definition) is 1. The van der Waals surface area contributed by atoms with E-state index in [1.54, 1.807) is 30.4 Å². The van der Waals surface area contributed by atoms with Gasteiger partial charge < -0.3 is 19.2 Å². The number of esters is 1. The van der Waals surface area contributed by atoms with Gasteiger partial charge in [0.05, 0.1) is 35.7 Å². The third-order valence-corrected chi connectivity index (χ3v) is 7.13. The largest absolute Gasteiger partial charge is 0.465 e. The highest BCUT2D eigenvalue weighted by Crippen LogP contribution is 2.45. The number of aromatic nitrogens is 3. The molecule has 0 bridgehead atoms. The fraction of sp³-hybridized carbons (Fsp3) is 0.208. The summed E-state index contributed by atoms with van der Waals surface area (Å²) in [6.07, 6.45) is 5.67. The number of hydrogen-bond acceptors (Lipinski definition) is 7. The lowest BCUT2D eigenvalue weighted by atomic mass is 9.96. The first-order chi connectivity index (χ1) is 17.0. The van der Waals surface area contributed by atoms with Crippen LogP contribution in [0.4, 0.5) is 15.9 Å². The zero-order valence-corrected chi connectivity index (χ0v) is 21.0. The molecule has 0 aliphatic carbocycles. The van der Waals surface area contributed by atoms with Gasteiger partial charge >= 0.3 is 5.97 Å². The van der Waals surface area contributed by atoms with E-state index in [1.165, 1.54) is 23.9 Å². The lowest BCUT2D eigenvalue weighted by Crippen LogP contribution is -2.20. The number of anilines is 2. The van der Waals surface area contributed by atoms with E-state index in [4.69, 9.17) is 16.3 Å². The molecule has 0 saturated heterocycles. The molecule has 0 saturated carbocycles. The van der Waals surface area contributed by atoms with Crippen molar-refractivity contribution < 1.29 is 22.3 Å². The van der Waals surface area contributed by atoms with Crippen molar-refractivity contribution in [1.82, 2.24) is 14.5 Å². The Balaban J connectivity index is 1.91. The summed E-state index contributed by atoms with van der Waals surface area (Å²) in [6.45, 7) is 0.102. The topological polar surface area (TPSA) is 114 Å². The maximum absolute atomic E-state index is 15.1. The Labute approximate surface area is 210 Å². The van der Waals surface area contributed by atoms with E-state index in [1.807, 2.05) is 0 Å². The Kier molecular flexibility index (Phi) is 5.64. The molecule has 0 amide bonds. The summed E-state index contributed by atoms with van der Waals surface area (Å²) in [6, 6.07) is 4.18. The minimum Gasteiger partial charge on any atom is -0.465 e. The van der Waals surface area contributed by atoms with E-state index in [0.717, 1.165) is 12.3 Å². The zero-order chi connectivity index (χ0) is 25.9. The average Bonchev–Trinajstić information content (AvgIpc) is 3.17. The van der Waals surface area contributed by atoms with Crippen LogP contribution in [0, 0.1) is 5.82 Å². The van der Waals surface area contributed by atoms with E-state index in [-0.39, 0.29) is 34.1 Å². The van der Waals surface area contributed by atoms with Gasteiger partial charge in [0, 0.05) is 48.4 Å². The van der Waals surface area contributed by atoms with E-state index < -0.39 is 27.4 Å². The molecule has 0 atom stereocenters. The summed E-state index contributed by atoms with van der Waals surface area (Å²) >= 11 is 5.93. The van der Waals surface area contributed by atoms with Crippen LogP contribution in [0.15, 0.2) is 41.6 Å². The Morgan fingerprint density at radius 2 is 2.03 bits per heavy atom. The van der Waals surface area contributed by atoms with Crippen molar-refractivity contribution in [3.05, 3.63) is 74.7 Å². The van der Waals surface area contributed by atoms with Gasteiger partial charge in [-0.15, -0.1) is 0 Å². The Morgan fingerprint density at radius 3 is 2.69 bits per heavy atom. The fourth-order valence-electron chi connectivity index (χ4n) is 4.59. The van der Waals surface area contributed by atoms with Gasteiger partial charge in [0.25, 0.3) is 5.56 Å². The molecule has 0 unspecified atom stereocenters.